The molecule has 0 fully saturated rings. The Bertz CT molecular complexity index is 738. The summed E-state index contributed by atoms with van der Waals surface area (Å²) in [6, 6.07) is 10.6. The molecule has 1 aliphatic rings. The fourth-order valence-electron chi connectivity index (χ4n) is 2.80. The molecule has 120 valence electrons. The van der Waals surface area contributed by atoms with Gasteiger partial charge in [-0.2, -0.15) is 0 Å². The predicted molar refractivity (Wildman–Crippen MR) is 84.4 cm³/mol. The maximum atomic E-state index is 12.0. The third-order valence-electron chi connectivity index (χ3n) is 3.87. The molecule has 1 N–H and O–H groups in total. The number of fused-ring (bicyclic) bond motifs is 1. The lowest BCUT2D eigenvalue weighted by Gasteiger charge is -2.25. The molecule has 5 nitrogen and oxygen atoms in total. The standard InChI is InChI=1S/C18H18O5/c1-3-22-12-5-6-13-14(10-18(20)23-16(13)9-12)11-4-7-15(19)17(8-11)21-2/h4-9,14,19H,3,10H2,1-2H3/t14-/m1/s1. The van der Waals surface area contributed by atoms with Gasteiger partial charge in [-0.15, -0.1) is 0 Å². The second-order valence-corrected chi connectivity index (χ2v) is 5.29. The Labute approximate surface area is 134 Å². The molecular weight excluding hydrogens is 296 g/mol. The van der Waals surface area contributed by atoms with Crippen molar-refractivity contribution in [3.8, 4) is 23.0 Å². The molecule has 0 spiro atoms. The average Bonchev–Trinajstić information content (AvgIpc) is 2.54. The van der Waals surface area contributed by atoms with Crippen LogP contribution in [-0.4, -0.2) is 24.8 Å². The molecule has 5 heteroatoms. The summed E-state index contributed by atoms with van der Waals surface area (Å²) in [6.07, 6.45) is 0.245. The van der Waals surface area contributed by atoms with E-state index in [1.807, 2.05) is 19.1 Å². The molecule has 0 aromatic heterocycles. The van der Waals surface area contributed by atoms with E-state index in [4.69, 9.17) is 14.2 Å². The first-order chi connectivity index (χ1) is 11.1. The number of methoxy groups -OCH3 is 1. The van der Waals surface area contributed by atoms with Crippen molar-refractivity contribution >= 4 is 5.97 Å². The van der Waals surface area contributed by atoms with Gasteiger partial charge in [-0.25, -0.2) is 0 Å². The van der Waals surface area contributed by atoms with Crippen molar-refractivity contribution in [2.75, 3.05) is 13.7 Å². The molecule has 3 rings (SSSR count). The Kier molecular flexibility index (Phi) is 4.10. The van der Waals surface area contributed by atoms with Crippen LogP contribution < -0.4 is 14.2 Å². The van der Waals surface area contributed by atoms with Crippen LogP contribution in [0.1, 0.15) is 30.4 Å². The van der Waals surface area contributed by atoms with Gasteiger partial charge in [0.05, 0.1) is 20.1 Å². The van der Waals surface area contributed by atoms with Gasteiger partial charge in [0.2, 0.25) is 0 Å². The number of aromatic hydroxyl groups is 1. The quantitative estimate of drug-likeness (QED) is 0.693. The zero-order chi connectivity index (χ0) is 16.4. The van der Waals surface area contributed by atoms with E-state index >= 15 is 0 Å². The number of hydrogen-bond acceptors (Lipinski definition) is 5. The Morgan fingerprint density at radius 1 is 1.26 bits per heavy atom. The zero-order valence-electron chi connectivity index (χ0n) is 13.0. The van der Waals surface area contributed by atoms with Gasteiger partial charge in [0.25, 0.3) is 0 Å². The molecule has 0 amide bonds. The number of carbonyl (C=O) groups is 1. The highest BCUT2D eigenvalue weighted by Crippen LogP contribution is 2.42. The lowest BCUT2D eigenvalue weighted by molar-refractivity contribution is -0.135. The second-order valence-electron chi connectivity index (χ2n) is 5.29. The van der Waals surface area contributed by atoms with Crippen molar-refractivity contribution in [3.63, 3.8) is 0 Å². The minimum atomic E-state index is -0.289. The molecule has 1 atom stereocenters. The van der Waals surface area contributed by atoms with Gasteiger partial charge in [-0.3, -0.25) is 4.79 Å². The summed E-state index contributed by atoms with van der Waals surface area (Å²) in [5.74, 6) is 1.21. The minimum Gasteiger partial charge on any atom is -0.504 e. The van der Waals surface area contributed by atoms with Crippen LogP contribution >= 0.6 is 0 Å². The summed E-state index contributed by atoms with van der Waals surface area (Å²) >= 11 is 0. The number of carbonyl (C=O) groups excluding carboxylic acids is 1. The molecular formula is C18H18O5. The lowest BCUT2D eigenvalue weighted by Crippen LogP contribution is -2.21. The number of ether oxygens (including phenoxy) is 3. The van der Waals surface area contributed by atoms with Crippen molar-refractivity contribution in [2.24, 2.45) is 0 Å². The van der Waals surface area contributed by atoms with Gasteiger partial charge in [0.1, 0.15) is 11.5 Å². The first-order valence-corrected chi connectivity index (χ1v) is 7.46. The van der Waals surface area contributed by atoms with Crippen LogP contribution in [0, 0.1) is 0 Å². The van der Waals surface area contributed by atoms with Crippen molar-refractivity contribution in [3.05, 3.63) is 47.5 Å². The van der Waals surface area contributed by atoms with Crippen molar-refractivity contribution < 1.29 is 24.1 Å². The van der Waals surface area contributed by atoms with Crippen LogP contribution in [0.3, 0.4) is 0 Å². The highest BCUT2D eigenvalue weighted by Gasteiger charge is 2.29. The van der Waals surface area contributed by atoms with Crippen LogP contribution in [0.5, 0.6) is 23.0 Å². The van der Waals surface area contributed by atoms with Crippen molar-refractivity contribution in [2.45, 2.75) is 19.3 Å². The summed E-state index contributed by atoms with van der Waals surface area (Å²) in [4.78, 5) is 12.0. The van der Waals surface area contributed by atoms with Gasteiger partial charge in [0.15, 0.2) is 11.5 Å². The molecule has 2 aromatic carbocycles. The van der Waals surface area contributed by atoms with E-state index in [-0.39, 0.29) is 24.1 Å². The molecule has 0 aliphatic carbocycles. The fraction of sp³-hybridized carbons (Fsp3) is 0.278. The highest BCUT2D eigenvalue weighted by molar-refractivity contribution is 5.78. The average molecular weight is 314 g/mol. The van der Waals surface area contributed by atoms with Crippen LogP contribution in [0.4, 0.5) is 0 Å². The number of benzene rings is 2. The molecule has 23 heavy (non-hydrogen) atoms. The molecule has 0 saturated carbocycles. The van der Waals surface area contributed by atoms with E-state index in [9.17, 15) is 9.90 Å². The number of rotatable bonds is 4. The van der Waals surface area contributed by atoms with Crippen LogP contribution in [-0.2, 0) is 4.79 Å². The Hall–Kier alpha value is -2.69. The Balaban J connectivity index is 2.03. The van der Waals surface area contributed by atoms with Gasteiger partial charge in [-0.05, 0) is 30.7 Å². The van der Waals surface area contributed by atoms with E-state index in [2.05, 4.69) is 0 Å². The summed E-state index contributed by atoms with van der Waals surface area (Å²) in [5, 5.41) is 9.74. The molecule has 1 heterocycles. The van der Waals surface area contributed by atoms with Gasteiger partial charge in [0, 0.05) is 17.5 Å². The third-order valence-corrected chi connectivity index (χ3v) is 3.87. The van der Waals surface area contributed by atoms with Crippen molar-refractivity contribution in [1.82, 2.24) is 0 Å². The van der Waals surface area contributed by atoms with Gasteiger partial charge >= 0.3 is 5.97 Å². The van der Waals surface area contributed by atoms with Crippen LogP contribution in [0.2, 0.25) is 0 Å². The normalized spacial score (nSPS) is 16.4. The molecule has 0 saturated heterocycles. The molecule has 2 aromatic rings. The van der Waals surface area contributed by atoms with Crippen molar-refractivity contribution in [1.29, 1.82) is 0 Å². The van der Waals surface area contributed by atoms with E-state index in [0.717, 1.165) is 11.1 Å². The Morgan fingerprint density at radius 3 is 2.83 bits per heavy atom. The zero-order valence-corrected chi connectivity index (χ0v) is 13.0. The summed E-state index contributed by atoms with van der Waals surface area (Å²) in [7, 11) is 1.50. The topological polar surface area (TPSA) is 65.0 Å². The molecule has 0 unspecified atom stereocenters. The molecule has 1 aliphatic heterocycles. The maximum absolute atomic E-state index is 12.0. The van der Waals surface area contributed by atoms with Gasteiger partial charge in [-0.1, -0.05) is 12.1 Å². The largest absolute Gasteiger partial charge is 0.504 e. The minimum absolute atomic E-state index is 0.0709. The highest BCUT2D eigenvalue weighted by atomic mass is 16.5. The van der Waals surface area contributed by atoms with Crippen LogP contribution in [0.25, 0.3) is 0 Å². The van der Waals surface area contributed by atoms with Crippen LogP contribution in [0.15, 0.2) is 36.4 Å². The first-order valence-electron chi connectivity index (χ1n) is 7.46. The fourth-order valence-corrected chi connectivity index (χ4v) is 2.80. The first kappa shape index (κ1) is 15.2. The third kappa shape index (κ3) is 2.95. The number of esters is 1. The van der Waals surface area contributed by atoms with E-state index < -0.39 is 0 Å². The van der Waals surface area contributed by atoms with Gasteiger partial charge < -0.3 is 19.3 Å². The van der Waals surface area contributed by atoms with E-state index in [0.29, 0.717) is 23.9 Å². The Morgan fingerprint density at radius 2 is 2.09 bits per heavy atom. The summed E-state index contributed by atoms with van der Waals surface area (Å²) in [6.45, 7) is 2.45. The molecule has 0 bridgehead atoms. The number of phenolic OH excluding ortho intramolecular Hbond substituents is 1. The lowest BCUT2D eigenvalue weighted by atomic mass is 9.86. The summed E-state index contributed by atoms with van der Waals surface area (Å²) < 4.78 is 16.0. The van der Waals surface area contributed by atoms with E-state index in [1.54, 1.807) is 24.3 Å². The van der Waals surface area contributed by atoms with E-state index in [1.165, 1.54) is 7.11 Å². The predicted octanol–water partition coefficient (Wildman–Crippen LogP) is 3.24. The monoisotopic (exact) mass is 314 g/mol. The summed E-state index contributed by atoms with van der Waals surface area (Å²) in [5.41, 5.74) is 1.81. The number of phenols is 1. The smallest absolute Gasteiger partial charge is 0.312 e. The number of hydrogen-bond donors (Lipinski definition) is 1. The SMILES string of the molecule is CCOc1ccc2c(c1)OC(=O)C[C@@H]2c1ccc(O)c(OC)c1. The maximum Gasteiger partial charge on any atom is 0.312 e. The second kappa shape index (κ2) is 6.20. The molecule has 0 radical (unpaired) electrons.